The highest BCUT2D eigenvalue weighted by Crippen LogP contribution is 2.33. The Hall–Kier alpha value is -2.17. The Kier molecular flexibility index (Phi) is 5.90. The maximum Gasteiger partial charge on any atom is 0.333 e. The molecule has 20 heavy (non-hydrogen) atoms. The molecule has 0 atom stereocenters. The second-order valence-electron chi connectivity index (χ2n) is 4.08. The average Bonchev–Trinajstić information content (AvgIpc) is 2.45. The van der Waals surface area contributed by atoms with E-state index in [1.807, 2.05) is 6.92 Å². The van der Waals surface area contributed by atoms with Crippen LogP contribution in [0.1, 0.15) is 25.8 Å². The zero-order valence-electron chi connectivity index (χ0n) is 12.4. The Morgan fingerprint density at radius 2 is 1.80 bits per heavy atom. The summed E-state index contributed by atoms with van der Waals surface area (Å²) in [6, 6.07) is 3.41. The second kappa shape index (κ2) is 7.43. The van der Waals surface area contributed by atoms with Crippen LogP contribution in [0.25, 0.3) is 6.08 Å². The maximum atomic E-state index is 11.8. The van der Waals surface area contributed by atoms with Gasteiger partial charge in [-0.2, -0.15) is 0 Å². The summed E-state index contributed by atoms with van der Waals surface area (Å²) in [6.07, 6.45) is 2.28. The quantitative estimate of drug-likeness (QED) is 0.492. The van der Waals surface area contributed by atoms with Crippen LogP contribution < -0.4 is 15.2 Å². The molecule has 0 aliphatic heterocycles. The third kappa shape index (κ3) is 3.66. The third-order valence-corrected chi connectivity index (χ3v) is 2.84. The van der Waals surface area contributed by atoms with Gasteiger partial charge in [-0.25, -0.2) is 4.79 Å². The van der Waals surface area contributed by atoms with Crippen molar-refractivity contribution >= 4 is 17.7 Å². The van der Waals surface area contributed by atoms with Crippen LogP contribution in [0.2, 0.25) is 0 Å². The average molecular weight is 279 g/mol. The molecule has 0 unspecified atom stereocenters. The van der Waals surface area contributed by atoms with Gasteiger partial charge in [0.05, 0.1) is 20.8 Å². The number of ether oxygens (including phenoxy) is 3. The van der Waals surface area contributed by atoms with Gasteiger partial charge in [0.15, 0.2) is 11.5 Å². The predicted octanol–water partition coefficient (Wildman–Crippen LogP) is 2.64. The molecule has 0 fully saturated rings. The van der Waals surface area contributed by atoms with Gasteiger partial charge in [-0.1, -0.05) is 6.92 Å². The van der Waals surface area contributed by atoms with E-state index in [0.717, 1.165) is 0 Å². The molecule has 0 saturated heterocycles. The number of carbonyl (C=O) groups is 1. The van der Waals surface area contributed by atoms with Crippen LogP contribution in [-0.2, 0) is 9.53 Å². The Morgan fingerprint density at radius 3 is 2.30 bits per heavy atom. The fraction of sp³-hybridized carbons (Fsp3) is 0.400. The Bertz CT molecular complexity index is 509. The van der Waals surface area contributed by atoms with Gasteiger partial charge in [0.2, 0.25) is 0 Å². The summed E-state index contributed by atoms with van der Waals surface area (Å²) in [6.45, 7) is 4.01. The number of carbonyl (C=O) groups excluding carboxylic acids is 1. The van der Waals surface area contributed by atoms with Crippen molar-refractivity contribution in [3.63, 3.8) is 0 Å². The lowest BCUT2D eigenvalue weighted by Gasteiger charge is -2.11. The topological polar surface area (TPSA) is 70.8 Å². The zero-order valence-corrected chi connectivity index (χ0v) is 12.4. The van der Waals surface area contributed by atoms with Gasteiger partial charge in [0, 0.05) is 22.9 Å². The van der Waals surface area contributed by atoms with Crippen molar-refractivity contribution in [2.45, 2.75) is 20.3 Å². The van der Waals surface area contributed by atoms with Crippen molar-refractivity contribution in [3.8, 4) is 11.5 Å². The first-order chi connectivity index (χ1) is 9.57. The maximum absolute atomic E-state index is 11.8. The molecule has 0 aliphatic carbocycles. The summed E-state index contributed by atoms with van der Waals surface area (Å²) >= 11 is 0. The van der Waals surface area contributed by atoms with E-state index in [1.165, 1.54) is 0 Å². The van der Waals surface area contributed by atoms with Gasteiger partial charge in [0.25, 0.3) is 0 Å². The summed E-state index contributed by atoms with van der Waals surface area (Å²) in [7, 11) is 3.09. The summed E-state index contributed by atoms with van der Waals surface area (Å²) < 4.78 is 15.4. The van der Waals surface area contributed by atoms with Gasteiger partial charge >= 0.3 is 5.97 Å². The minimum Gasteiger partial charge on any atom is -0.493 e. The van der Waals surface area contributed by atoms with Gasteiger partial charge in [-0.15, -0.1) is 0 Å². The van der Waals surface area contributed by atoms with Crippen LogP contribution in [0.5, 0.6) is 11.5 Å². The van der Waals surface area contributed by atoms with Crippen molar-refractivity contribution in [3.05, 3.63) is 23.3 Å². The number of methoxy groups -OCH3 is 2. The molecule has 5 heteroatoms. The van der Waals surface area contributed by atoms with Crippen molar-refractivity contribution in [2.24, 2.45) is 0 Å². The SMILES string of the molecule is CCOC(=O)/C(=C/c1cc(OC)c(OC)cc1N)CC. The molecule has 0 aliphatic rings. The molecule has 0 saturated carbocycles. The molecule has 1 rings (SSSR count). The summed E-state index contributed by atoms with van der Waals surface area (Å²) in [5.74, 6) is 0.785. The highest BCUT2D eigenvalue weighted by molar-refractivity contribution is 5.94. The van der Waals surface area contributed by atoms with Crippen LogP contribution in [0, 0.1) is 0 Å². The molecule has 0 amide bonds. The lowest BCUT2D eigenvalue weighted by molar-refractivity contribution is -0.138. The van der Waals surface area contributed by atoms with E-state index in [0.29, 0.717) is 41.4 Å². The van der Waals surface area contributed by atoms with Gasteiger partial charge < -0.3 is 19.9 Å². The summed E-state index contributed by atoms with van der Waals surface area (Å²) in [5, 5.41) is 0. The van der Waals surface area contributed by atoms with Crippen molar-refractivity contribution in [2.75, 3.05) is 26.6 Å². The van der Waals surface area contributed by atoms with E-state index in [4.69, 9.17) is 19.9 Å². The fourth-order valence-corrected chi connectivity index (χ4v) is 1.75. The molecule has 0 radical (unpaired) electrons. The Balaban J connectivity index is 3.21. The number of esters is 1. The number of hydrogen-bond acceptors (Lipinski definition) is 5. The molecule has 5 nitrogen and oxygen atoms in total. The lowest BCUT2D eigenvalue weighted by atomic mass is 10.1. The van der Waals surface area contributed by atoms with Crippen LogP contribution >= 0.6 is 0 Å². The summed E-state index contributed by atoms with van der Waals surface area (Å²) in [4.78, 5) is 11.8. The number of nitrogen functional groups attached to an aromatic ring is 1. The first-order valence-electron chi connectivity index (χ1n) is 6.46. The van der Waals surface area contributed by atoms with Crippen LogP contribution in [-0.4, -0.2) is 26.8 Å². The predicted molar refractivity (Wildman–Crippen MR) is 78.9 cm³/mol. The molecule has 1 aromatic carbocycles. The number of hydrogen-bond donors (Lipinski definition) is 1. The largest absolute Gasteiger partial charge is 0.493 e. The van der Waals surface area contributed by atoms with Gasteiger partial charge in [0.1, 0.15) is 0 Å². The second-order valence-corrected chi connectivity index (χ2v) is 4.08. The van der Waals surface area contributed by atoms with Crippen molar-refractivity contribution in [1.82, 2.24) is 0 Å². The number of benzene rings is 1. The molecule has 1 aromatic rings. The molecule has 0 bridgehead atoms. The number of anilines is 1. The first kappa shape index (κ1) is 15.9. The minimum atomic E-state index is -0.329. The fourth-order valence-electron chi connectivity index (χ4n) is 1.75. The Morgan fingerprint density at radius 1 is 1.20 bits per heavy atom. The van der Waals surface area contributed by atoms with Gasteiger partial charge in [-0.3, -0.25) is 0 Å². The standard InChI is InChI=1S/C15H21NO4/c1-5-10(15(17)20-6-2)7-11-8-13(18-3)14(19-4)9-12(11)16/h7-9H,5-6,16H2,1-4H3/b10-7+. The van der Waals surface area contributed by atoms with E-state index < -0.39 is 0 Å². The number of rotatable bonds is 6. The molecule has 0 heterocycles. The summed E-state index contributed by atoms with van der Waals surface area (Å²) in [5.41, 5.74) is 7.74. The molecule has 0 aromatic heterocycles. The highest BCUT2D eigenvalue weighted by atomic mass is 16.5. The van der Waals surface area contributed by atoms with Crippen molar-refractivity contribution < 1.29 is 19.0 Å². The van der Waals surface area contributed by atoms with Crippen molar-refractivity contribution in [1.29, 1.82) is 0 Å². The molecule has 2 N–H and O–H groups in total. The molecular weight excluding hydrogens is 258 g/mol. The van der Waals surface area contributed by atoms with E-state index >= 15 is 0 Å². The zero-order chi connectivity index (χ0) is 15.1. The van der Waals surface area contributed by atoms with E-state index in [9.17, 15) is 4.79 Å². The lowest BCUT2D eigenvalue weighted by Crippen LogP contribution is -2.07. The molecule has 110 valence electrons. The highest BCUT2D eigenvalue weighted by Gasteiger charge is 2.12. The smallest absolute Gasteiger partial charge is 0.333 e. The van der Waals surface area contributed by atoms with Crippen LogP contribution in [0.15, 0.2) is 17.7 Å². The van der Waals surface area contributed by atoms with Crippen LogP contribution in [0.3, 0.4) is 0 Å². The minimum absolute atomic E-state index is 0.329. The van der Waals surface area contributed by atoms with E-state index in [-0.39, 0.29) is 5.97 Å². The monoisotopic (exact) mass is 279 g/mol. The molecular formula is C15H21NO4. The molecule has 0 spiro atoms. The first-order valence-corrected chi connectivity index (χ1v) is 6.46. The van der Waals surface area contributed by atoms with Crippen LogP contribution in [0.4, 0.5) is 5.69 Å². The van der Waals surface area contributed by atoms with E-state index in [2.05, 4.69) is 0 Å². The Labute approximate surface area is 119 Å². The third-order valence-electron chi connectivity index (χ3n) is 2.84. The number of nitrogens with two attached hydrogens (primary N) is 1. The van der Waals surface area contributed by atoms with Gasteiger partial charge in [-0.05, 0) is 25.5 Å². The van der Waals surface area contributed by atoms with E-state index in [1.54, 1.807) is 39.4 Å². The normalized spacial score (nSPS) is 11.1.